The molecule has 1 rings (SSSR count). The minimum absolute atomic E-state index is 0.478. The van der Waals surface area contributed by atoms with Gasteiger partial charge in [-0.15, -0.1) is 0 Å². The molecule has 0 radical (unpaired) electrons. The fourth-order valence-corrected chi connectivity index (χ4v) is 0.691. The molecular formula is C6H9N3O2. The number of hydrogen-bond donors (Lipinski definition) is 2. The molecule has 1 aromatic heterocycles. The van der Waals surface area contributed by atoms with Crippen LogP contribution in [0.25, 0.3) is 0 Å². The molecule has 0 bridgehead atoms. The first-order valence-corrected chi connectivity index (χ1v) is 3.07. The monoisotopic (exact) mass is 155 g/mol. The molecule has 0 amide bonds. The molecule has 11 heavy (non-hydrogen) atoms. The predicted molar refractivity (Wildman–Crippen MR) is 37.5 cm³/mol. The van der Waals surface area contributed by atoms with E-state index in [9.17, 15) is 4.79 Å². The van der Waals surface area contributed by atoms with Crippen molar-refractivity contribution < 1.29 is 9.53 Å². The molecule has 1 heterocycles. The Kier molecular flexibility index (Phi) is 2.22. The quantitative estimate of drug-likeness (QED) is 0.568. The number of esters is 1. The molecule has 0 aromatic carbocycles. The maximum atomic E-state index is 10.8. The van der Waals surface area contributed by atoms with Gasteiger partial charge in [-0.2, -0.15) is 0 Å². The number of rotatable bonds is 2. The Morgan fingerprint density at radius 1 is 1.91 bits per heavy atom. The predicted octanol–water partition coefficient (Wildman–Crippen LogP) is -0.418. The number of imidazole rings is 1. The van der Waals surface area contributed by atoms with E-state index in [0.29, 0.717) is 5.69 Å². The average molecular weight is 155 g/mol. The minimum atomic E-state index is -0.762. The zero-order valence-electron chi connectivity index (χ0n) is 6.07. The molecule has 0 fully saturated rings. The highest BCUT2D eigenvalue weighted by atomic mass is 16.5. The molecule has 1 atom stereocenters. The van der Waals surface area contributed by atoms with Gasteiger partial charge in [0.05, 0.1) is 25.3 Å². The van der Waals surface area contributed by atoms with Crippen molar-refractivity contribution in [1.29, 1.82) is 0 Å². The number of nitrogens with two attached hydrogens (primary N) is 1. The fourth-order valence-electron chi connectivity index (χ4n) is 0.691. The van der Waals surface area contributed by atoms with Crippen LogP contribution in [-0.4, -0.2) is 23.0 Å². The number of carbonyl (C=O) groups is 1. The summed E-state index contributed by atoms with van der Waals surface area (Å²) in [6.07, 6.45) is 2.94. The number of nitrogens with one attached hydrogen (secondary N) is 1. The number of ether oxygens (including phenoxy) is 1. The molecule has 0 saturated carbocycles. The standard InChI is InChI=1S/C6H9N3O2/c1-11-6(10)5(7)4-2-8-3-9-4/h2-3,5H,7H2,1H3,(H,8,9)/t5-/m1/s1. The molecule has 5 heteroatoms. The molecule has 0 unspecified atom stereocenters. The van der Waals surface area contributed by atoms with Gasteiger partial charge in [-0.25, -0.2) is 9.78 Å². The summed E-state index contributed by atoms with van der Waals surface area (Å²) in [6, 6.07) is -0.762. The van der Waals surface area contributed by atoms with Gasteiger partial charge in [-0.3, -0.25) is 0 Å². The van der Waals surface area contributed by atoms with Gasteiger partial charge < -0.3 is 15.5 Å². The number of nitrogens with zero attached hydrogens (tertiary/aromatic N) is 1. The van der Waals surface area contributed by atoms with E-state index in [0.717, 1.165) is 0 Å². The summed E-state index contributed by atoms with van der Waals surface area (Å²) in [6.45, 7) is 0. The summed E-state index contributed by atoms with van der Waals surface area (Å²) in [5.74, 6) is -0.478. The third kappa shape index (κ3) is 1.56. The number of H-pyrrole nitrogens is 1. The van der Waals surface area contributed by atoms with E-state index in [1.54, 1.807) is 0 Å². The van der Waals surface area contributed by atoms with Crippen LogP contribution in [0.1, 0.15) is 11.7 Å². The second-order valence-corrected chi connectivity index (χ2v) is 2.01. The summed E-state index contributed by atoms with van der Waals surface area (Å²) >= 11 is 0. The average Bonchev–Trinajstić information content (AvgIpc) is 2.53. The molecular weight excluding hydrogens is 146 g/mol. The van der Waals surface area contributed by atoms with E-state index in [1.807, 2.05) is 0 Å². The summed E-state index contributed by atoms with van der Waals surface area (Å²) < 4.78 is 4.42. The van der Waals surface area contributed by atoms with Crippen LogP contribution in [0.2, 0.25) is 0 Å². The van der Waals surface area contributed by atoms with Crippen LogP contribution in [0.3, 0.4) is 0 Å². The van der Waals surface area contributed by atoms with Gasteiger partial charge in [0.25, 0.3) is 0 Å². The van der Waals surface area contributed by atoms with Gasteiger partial charge in [0.1, 0.15) is 6.04 Å². The summed E-state index contributed by atoms with van der Waals surface area (Å²) in [5.41, 5.74) is 6.00. The molecule has 0 aliphatic carbocycles. The maximum absolute atomic E-state index is 10.8. The van der Waals surface area contributed by atoms with E-state index >= 15 is 0 Å². The number of aromatic nitrogens is 2. The lowest BCUT2D eigenvalue weighted by atomic mass is 10.2. The molecule has 3 N–H and O–H groups in total. The Morgan fingerprint density at radius 2 is 2.64 bits per heavy atom. The normalized spacial score (nSPS) is 12.5. The first kappa shape index (κ1) is 7.74. The Labute approximate surface area is 63.6 Å². The molecule has 0 spiro atoms. The van der Waals surface area contributed by atoms with Crippen molar-refractivity contribution in [1.82, 2.24) is 9.97 Å². The lowest BCUT2D eigenvalue weighted by Gasteiger charge is -2.04. The third-order valence-corrected chi connectivity index (χ3v) is 1.31. The van der Waals surface area contributed by atoms with Crippen LogP contribution < -0.4 is 5.73 Å². The summed E-state index contributed by atoms with van der Waals surface area (Å²) in [4.78, 5) is 17.2. The van der Waals surface area contributed by atoms with Gasteiger partial charge in [0.15, 0.2) is 0 Å². The van der Waals surface area contributed by atoms with Crippen LogP contribution in [0, 0.1) is 0 Å². The molecule has 1 aromatic rings. The van der Waals surface area contributed by atoms with E-state index < -0.39 is 12.0 Å². The Balaban J connectivity index is 2.70. The lowest BCUT2D eigenvalue weighted by molar-refractivity contribution is -0.142. The van der Waals surface area contributed by atoms with E-state index in [2.05, 4.69) is 14.7 Å². The molecule has 60 valence electrons. The Bertz CT molecular complexity index is 232. The van der Waals surface area contributed by atoms with E-state index in [4.69, 9.17) is 5.73 Å². The highest BCUT2D eigenvalue weighted by Crippen LogP contribution is 2.05. The summed E-state index contributed by atoms with van der Waals surface area (Å²) in [7, 11) is 1.29. The minimum Gasteiger partial charge on any atom is -0.468 e. The zero-order valence-corrected chi connectivity index (χ0v) is 6.07. The maximum Gasteiger partial charge on any atom is 0.328 e. The van der Waals surface area contributed by atoms with Crippen LogP contribution in [0.5, 0.6) is 0 Å². The van der Waals surface area contributed by atoms with Gasteiger partial charge >= 0.3 is 5.97 Å². The first-order valence-electron chi connectivity index (χ1n) is 3.07. The molecule has 0 saturated heterocycles. The lowest BCUT2D eigenvalue weighted by Crippen LogP contribution is -2.22. The zero-order chi connectivity index (χ0) is 8.27. The largest absolute Gasteiger partial charge is 0.468 e. The second-order valence-electron chi connectivity index (χ2n) is 2.01. The highest BCUT2D eigenvalue weighted by Gasteiger charge is 2.16. The number of hydrogen-bond acceptors (Lipinski definition) is 4. The van der Waals surface area contributed by atoms with Crippen LogP contribution >= 0.6 is 0 Å². The number of carbonyl (C=O) groups excluding carboxylic acids is 1. The highest BCUT2D eigenvalue weighted by molar-refractivity contribution is 5.76. The molecule has 0 aliphatic heterocycles. The summed E-state index contributed by atoms with van der Waals surface area (Å²) in [5, 5.41) is 0. The molecule has 0 aliphatic rings. The van der Waals surface area contributed by atoms with Crippen LogP contribution in [-0.2, 0) is 9.53 Å². The SMILES string of the molecule is COC(=O)[C@H](N)c1cnc[nH]1. The van der Waals surface area contributed by atoms with Crippen molar-refractivity contribution in [3.05, 3.63) is 18.2 Å². The van der Waals surface area contributed by atoms with Crippen molar-refractivity contribution in [3.8, 4) is 0 Å². The van der Waals surface area contributed by atoms with Gasteiger partial charge in [-0.05, 0) is 0 Å². The van der Waals surface area contributed by atoms with Crippen molar-refractivity contribution >= 4 is 5.97 Å². The number of methoxy groups -OCH3 is 1. The van der Waals surface area contributed by atoms with Crippen molar-refractivity contribution in [2.24, 2.45) is 5.73 Å². The van der Waals surface area contributed by atoms with Gasteiger partial charge in [0.2, 0.25) is 0 Å². The second kappa shape index (κ2) is 3.16. The third-order valence-electron chi connectivity index (χ3n) is 1.31. The Hall–Kier alpha value is -1.36. The van der Waals surface area contributed by atoms with Crippen molar-refractivity contribution in [2.75, 3.05) is 7.11 Å². The van der Waals surface area contributed by atoms with Crippen molar-refractivity contribution in [2.45, 2.75) is 6.04 Å². The Morgan fingerprint density at radius 3 is 3.09 bits per heavy atom. The van der Waals surface area contributed by atoms with E-state index in [-0.39, 0.29) is 0 Å². The fraction of sp³-hybridized carbons (Fsp3) is 0.333. The van der Waals surface area contributed by atoms with Crippen molar-refractivity contribution in [3.63, 3.8) is 0 Å². The van der Waals surface area contributed by atoms with Gasteiger partial charge in [-0.1, -0.05) is 0 Å². The first-order chi connectivity index (χ1) is 5.25. The van der Waals surface area contributed by atoms with E-state index in [1.165, 1.54) is 19.6 Å². The van der Waals surface area contributed by atoms with Crippen LogP contribution in [0.4, 0.5) is 0 Å². The number of aromatic amines is 1. The molecule has 5 nitrogen and oxygen atoms in total. The smallest absolute Gasteiger partial charge is 0.328 e. The van der Waals surface area contributed by atoms with Crippen LogP contribution in [0.15, 0.2) is 12.5 Å². The topological polar surface area (TPSA) is 81.0 Å². The van der Waals surface area contributed by atoms with Gasteiger partial charge in [0, 0.05) is 0 Å².